The van der Waals surface area contributed by atoms with E-state index in [1.54, 1.807) is 0 Å². The highest BCUT2D eigenvalue weighted by molar-refractivity contribution is 5.86. The fraction of sp³-hybridized carbons (Fsp3) is 0.429. The van der Waals surface area contributed by atoms with Crippen LogP contribution in [0.4, 0.5) is 0 Å². The molecule has 0 unspecified atom stereocenters. The van der Waals surface area contributed by atoms with E-state index in [4.69, 9.17) is 5.11 Å². The molecule has 0 aliphatic carbocycles. The molecular formula is C14H18N2O3. The number of nitrogens with one attached hydrogen (secondary N) is 1. The molecule has 0 radical (unpaired) electrons. The normalized spacial score (nSPS) is 20.1. The van der Waals surface area contributed by atoms with E-state index in [9.17, 15) is 9.59 Å². The zero-order chi connectivity index (χ0) is 13.8. The SMILES string of the molecule is Cc1ccccc1CN1CCNC(=O)[C@H]1CC(=O)O. The maximum atomic E-state index is 11.8. The highest BCUT2D eigenvalue weighted by Gasteiger charge is 2.31. The summed E-state index contributed by atoms with van der Waals surface area (Å²) in [5.41, 5.74) is 2.29. The van der Waals surface area contributed by atoms with Gasteiger partial charge in [0.15, 0.2) is 0 Å². The zero-order valence-corrected chi connectivity index (χ0v) is 10.9. The number of rotatable bonds is 4. The standard InChI is InChI=1S/C14H18N2O3/c1-10-4-2-3-5-11(10)9-16-7-6-15-14(19)12(16)8-13(17)18/h2-5,12H,6-9H2,1H3,(H,15,19)(H,17,18)/t12-/m1/s1. The van der Waals surface area contributed by atoms with Crippen LogP contribution in [0.2, 0.25) is 0 Å². The molecule has 1 aromatic rings. The van der Waals surface area contributed by atoms with Crippen LogP contribution < -0.4 is 5.32 Å². The second-order valence-corrected chi connectivity index (χ2v) is 4.80. The van der Waals surface area contributed by atoms with Crippen molar-refractivity contribution in [2.24, 2.45) is 0 Å². The van der Waals surface area contributed by atoms with E-state index in [2.05, 4.69) is 5.32 Å². The van der Waals surface area contributed by atoms with Gasteiger partial charge < -0.3 is 10.4 Å². The van der Waals surface area contributed by atoms with E-state index in [0.29, 0.717) is 19.6 Å². The summed E-state index contributed by atoms with van der Waals surface area (Å²) < 4.78 is 0. The first-order valence-electron chi connectivity index (χ1n) is 6.36. The molecule has 0 bridgehead atoms. The quantitative estimate of drug-likeness (QED) is 0.841. The van der Waals surface area contributed by atoms with Crippen LogP contribution in [-0.4, -0.2) is 41.0 Å². The van der Waals surface area contributed by atoms with Gasteiger partial charge in [0.05, 0.1) is 6.42 Å². The second-order valence-electron chi connectivity index (χ2n) is 4.80. The molecule has 1 fully saturated rings. The summed E-state index contributed by atoms with van der Waals surface area (Å²) in [7, 11) is 0. The van der Waals surface area contributed by atoms with E-state index < -0.39 is 12.0 Å². The van der Waals surface area contributed by atoms with Gasteiger partial charge in [0.2, 0.25) is 5.91 Å². The number of aryl methyl sites for hydroxylation is 1. The van der Waals surface area contributed by atoms with E-state index in [1.807, 2.05) is 36.1 Å². The molecule has 1 heterocycles. The first kappa shape index (κ1) is 13.5. The van der Waals surface area contributed by atoms with Crippen molar-refractivity contribution in [3.63, 3.8) is 0 Å². The molecule has 5 heteroatoms. The molecule has 1 saturated heterocycles. The number of carbonyl (C=O) groups excluding carboxylic acids is 1. The summed E-state index contributed by atoms with van der Waals surface area (Å²) >= 11 is 0. The lowest BCUT2D eigenvalue weighted by molar-refractivity contribution is -0.143. The van der Waals surface area contributed by atoms with Gasteiger partial charge in [-0.25, -0.2) is 0 Å². The lowest BCUT2D eigenvalue weighted by Gasteiger charge is -2.34. The molecule has 1 aromatic carbocycles. The molecule has 5 nitrogen and oxygen atoms in total. The average molecular weight is 262 g/mol. The average Bonchev–Trinajstić information content (AvgIpc) is 2.36. The Morgan fingerprint density at radius 2 is 2.21 bits per heavy atom. The Labute approximate surface area is 112 Å². The third-order valence-electron chi connectivity index (χ3n) is 3.44. The van der Waals surface area contributed by atoms with Gasteiger partial charge in [0, 0.05) is 19.6 Å². The number of hydrogen-bond donors (Lipinski definition) is 2. The summed E-state index contributed by atoms with van der Waals surface area (Å²) in [5.74, 6) is -1.14. The molecule has 1 aliphatic rings. The van der Waals surface area contributed by atoms with Crippen molar-refractivity contribution < 1.29 is 14.7 Å². The highest BCUT2D eigenvalue weighted by Crippen LogP contribution is 2.16. The summed E-state index contributed by atoms with van der Waals surface area (Å²) in [6, 6.07) is 7.38. The van der Waals surface area contributed by atoms with Crippen LogP contribution in [0.25, 0.3) is 0 Å². The fourth-order valence-electron chi connectivity index (χ4n) is 2.34. The predicted molar refractivity (Wildman–Crippen MR) is 70.6 cm³/mol. The van der Waals surface area contributed by atoms with Gasteiger partial charge in [0.25, 0.3) is 0 Å². The zero-order valence-electron chi connectivity index (χ0n) is 10.9. The van der Waals surface area contributed by atoms with Gasteiger partial charge in [-0.3, -0.25) is 14.5 Å². The van der Waals surface area contributed by atoms with Gasteiger partial charge in [0.1, 0.15) is 6.04 Å². The Hall–Kier alpha value is -1.88. The third kappa shape index (κ3) is 3.32. The maximum Gasteiger partial charge on any atom is 0.305 e. The summed E-state index contributed by atoms with van der Waals surface area (Å²) in [6.07, 6.45) is -0.155. The van der Waals surface area contributed by atoms with E-state index >= 15 is 0 Å². The van der Waals surface area contributed by atoms with Crippen LogP contribution in [0, 0.1) is 6.92 Å². The number of aliphatic carboxylic acids is 1. The topological polar surface area (TPSA) is 69.6 Å². The first-order valence-corrected chi connectivity index (χ1v) is 6.36. The fourth-order valence-corrected chi connectivity index (χ4v) is 2.34. The van der Waals surface area contributed by atoms with Gasteiger partial charge in [-0.15, -0.1) is 0 Å². The number of carboxylic acids is 1. The van der Waals surface area contributed by atoms with Crippen LogP contribution in [0.3, 0.4) is 0 Å². The molecule has 2 rings (SSSR count). The molecule has 0 spiro atoms. The number of carbonyl (C=O) groups is 2. The smallest absolute Gasteiger partial charge is 0.305 e. The number of hydrogen-bond acceptors (Lipinski definition) is 3. The minimum atomic E-state index is -0.947. The Bertz CT molecular complexity index is 487. The number of carboxylic acid groups (broad SMARTS) is 1. The van der Waals surface area contributed by atoms with Gasteiger partial charge in [-0.05, 0) is 18.1 Å². The van der Waals surface area contributed by atoms with E-state index in [-0.39, 0.29) is 12.3 Å². The van der Waals surface area contributed by atoms with Crippen molar-refractivity contribution in [1.29, 1.82) is 0 Å². The Balaban J connectivity index is 2.14. The third-order valence-corrected chi connectivity index (χ3v) is 3.44. The molecule has 1 amide bonds. The van der Waals surface area contributed by atoms with E-state index in [1.165, 1.54) is 0 Å². The Morgan fingerprint density at radius 1 is 1.47 bits per heavy atom. The molecule has 0 saturated carbocycles. The van der Waals surface area contributed by atoms with Crippen LogP contribution in [0.15, 0.2) is 24.3 Å². The number of nitrogens with zero attached hydrogens (tertiary/aromatic N) is 1. The van der Waals surface area contributed by atoms with Gasteiger partial charge in [-0.2, -0.15) is 0 Å². The van der Waals surface area contributed by atoms with E-state index in [0.717, 1.165) is 11.1 Å². The minimum absolute atomic E-state index is 0.155. The highest BCUT2D eigenvalue weighted by atomic mass is 16.4. The van der Waals surface area contributed by atoms with Crippen LogP contribution in [0.5, 0.6) is 0 Å². The van der Waals surface area contributed by atoms with Crippen molar-refractivity contribution in [3.05, 3.63) is 35.4 Å². The van der Waals surface area contributed by atoms with Crippen LogP contribution >= 0.6 is 0 Å². The molecular weight excluding hydrogens is 244 g/mol. The molecule has 1 aliphatic heterocycles. The maximum absolute atomic E-state index is 11.8. The lowest BCUT2D eigenvalue weighted by atomic mass is 10.0. The van der Waals surface area contributed by atoms with Crippen molar-refractivity contribution in [2.75, 3.05) is 13.1 Å². The molecule has 1 atom stereocenters. The van der Waals surface area contributed by atoms with Crippen LogP contribution in [-0.2, 0) is 16.1 Å². The van der Waals surface area contributed by atoms with Gasteiger partial charge >= 0.3 is 5.97 Å². The summed E-state index contributed by atoms with van der Waals surface area (Å²) in [4.78, 5) is 24.6. The number of benzene rings is 1. The Kier molecular flexibility index (Phi) is 4.16. The number of piperazine rings is 1. The predicted octanol–water partition coefficient (Wildman–Crippen LogP) is 0.770. The minimum Gasteiger partial charge on any atom is -0.481 e. The molecule has 102 valence electrons. The lowest BCUT2D eigenvalue weighted by Crippen LogP contribution is -2.55. The van der Waals surface area contributed by atoms with Crippen LogP contribution in [0.1, 0.15) is 17.5 Å². The van der Waals surface area contributed by atoms with Crippen molar-refractivity contribution in [3.8, 4) is 0 Å². The second kappa shape index (κ2) is 5.84. The monoisotopic (exact) mass is 262 g/mol. The first-order chi connectivity index (χ1) is 9.08. The van der Waals surface area contributed by atoms with Crippen molar-refractivity contribution in [1.82, 2.24) is 10.2 Å². The largest absolute Gasteiger partial charge is 0.481 e. The summed E-state index contributed by atoms with van der Waals surface area (Å²) in [5, 5.41) is 11.6. The van der Waals surface area contributed by atoms with Gasteiger partial charge in [-0.1, -0.05) is 24.3 Å². The molecule has 19 heavy (non-hydrogen) atoms. The Morgan fingerprint density at radius 3 is 2.89 bits per heavy atom. The molecule has 2 N–H and O–H groups in total. The number of amides is 1. The summed E-state index contributed by atoms with van der Waals surface area (Å²) in [6.45, 7) is 3.88. The van der Waals surface area contributed by atoms with Crippen molar-refractivity contribution >= 4 is 11.9 Å². The molecule has 0 aromatic heterocycles. The van der Waals surface area contributed by atoms with Crippen molar-refractivity contribution in [2.45, 2.75) is 25.9 Å².